The van der Waals surface area contributed by atoms with Gasteiger partial charge in [0.2, 0.25) is 0 Å². The van der Waals surface area contributed by atoms with Crippen LogP contribution in [-0.2, 0) is 11.3 Å². The number of halogens is 3. The lowest BCUT2D eigenvalue weighted by atomic mass is 10.0. The summed E-state index contributed by atoms with van der Waals surface area (Å²) in [6.45, 7) is 1.89. The summed E-state index contributed by atoms with van der Waals surface area (Å²) < 4.78 is 52.7. The molecule has 0 radical (unpaired) electrons. The van der Waals surface area contributed by atoms with Gasteiger partial charge in [-0.25, -0.2) is 4.79 Å². The van der Waals surface area contributed by atoms with Crippen molar-refractivity contribution in [3.63, 3.8) is 0 Å². The first kappa shape index (κ1) is 21.3. The van der Waals surface area contributed by atoms with E-state index in [2.05, 4.69) is 9.84 Å². The number of benzene rings is 2. The molecule has 0 spiro atoms. The molecule has 10 heteroatoms. The highest BCUT2D eigenvalue weighted by Gasteiger charge is 2.34. The maximum atomic E-state index is 12.8. The zero-order valence-corrected chi connectivity index (χ0v) is 16.3. The third kappa shape index (κ3) is 4.94. The van der Waals surface area contributed by atoms with Gasteiger partial charge in [0.05, 0.1) is 13.7 Å². The highest BCUT2D eigenvalue weighted by atomic mass is 19.4. The molecule has 2 aromatic carbocycles. The molecule has 3 rings (SSSR count). The minimum Gasteiger partial charge on any atom is -0.493 e. The standard InChI is InChI=1S/C20H20F3N3O4/c1-3-15-18(13-6-9-16(28-2)17(10-13)30-20(21,22)23)25-26(19(27)29-15)11-12-4-7-14(24)8-5-12/h4-10,15H,3,11,24H2,1-2H3. The molecule has 1 aliphatic heterocycles. The predicted octanol–water partition coefficient (Wildman–Crippen LogP) is 4.31. The number of hydrogen-bond acceptors (Lipinski definition) is 6. The maximum absolute atomic E-state index is 12.8. The molecule has 2 N–H and O–H groups in total. The monoisotopic (exact) mass is 423 g/mol. The van der Waals surface area contributed by atoms with E-state index < -0.39 is 24.3 Å². The molecule has 1 amide bonds. The summed E-state index contributed by atoms with van der Waals surface area (Å²) >= 11 is 0. The van der Waals surface area contributed by atoms with E-state index in [4.69, 9.17) is 15.2 Å². The van der Waals surface area contributed by atoms with E-state index in [1.54, 1.807) is 31.2 Å². The number of nitrogens with zero attached hydrogens (tertiary/aromatic N) is 2. The van der Waals surface area contributed by atoms with Gasteiger partial charge in [-0.2, -0.15) is 10.1 Å². The topological polar surface area (TPSA) is 86.4 Å². The lowest BCUT2D eigenvalue weighted by Crippen LogP contribution is -2.41. The molecule has 0 bridgehead atoms. The average Bonchev–Trinajstić information content (AvgIpc) is 2.69. The van der Waals surface area contributed by atoms with Gasteiger partial charge >= 0.3 is 12.5 Å². The molecule has 2 aromatic rings. The molecular formula is C20H20F3N3O4. The van der Waals surface area contributed by atoms with E-state index in [9.17, 15) is 18.0 Å². The number of cyclic esters (lactones) is 1. The highest BCUT2D eigenvalue weighted by Crippen LogP contribution is 2.34. The number of ether oxygens (including phenoxy) is 3. The quantitative estimate of drug-likeness (QED) is 0.700. The fourth-order valence-corrected chi connectivity index (χ4v) is 2.93. The molecule has 30 heavy (non-hydrogen) atoms. The van der Waals surface area contributed by atoms with Crippen molar-refractivity contribution in [1.82, 2.24) is 5.01 Å². The molecule has 1 unspecified atom stereocenters. The van der Waals surface area contributed by atoms with Crippen molar-refractivity contribution < 1.29 is 32.2 Å². The molecule has 0 saturated heterocycles. The Bertz CT molecular complexity index is 945. The van der Waals surface area contributed by atoms with Crippen LogP contribution >= 0.6 is 0 Å². The number of hydrogen-bond donors (Lipinski definition) is 1. The summed E-state index contributed by atoms with van der Waals surface area (Å²) in [5, 5.41) is 5.48. The molecule has 160 valence electrons. The van der Waals surface area contributed by atoms with Crippen LogP contribution in [0.1, 0.15) is 24.5 Å². The van der Waals surface area contributed by atoms with E-state index in [0.29, 0.717) is 23.4 Å². The van der Waals surface area contributed by atoms with Gasteiger partial charge in [0, 0.05) is 11.3 Å². The van der Waals surface area contributed by atoms with Crippen LogP contribution in [-0.4, -0.2) is 36.4 Å². The number of anilines is 1. The zero-order chi connectivity index (χ0) is 21.9. The summed E-state index contributed by atoms with van der Waals surface area (Å²) in [5.41, 5.74) is 7.63. The molecule has 0 fully saturated rings. The fraction of sp³-hybridized carbons (Fsp3) is 0.300. The summed E-state index contributed by atoms with van der Waals surface area (Å²) in [6, 6.07) is 10.9. The SMILES string of the molecule is CCC1OC(=O)N(Cc2ccc(N)cc2)N=C1c1ccc(OC)c(OC(F)(F)F)c1. The molecule has 1 aliphatic rings. The Kier molecular flexibility index (Phi) is 6.04. The van der Waals surface area contributed by atoms with E-state index in [1.165, 1.54) is 19.2 Å². The van der Waals surface area contributed by atoms with Gasteiger partial charge in [0.1, 0.15) is 11.8 Å². The summed E-state index contributed by atoms with van der Waals surface area (Å²) in [6.07, 6.45) is -5.87. The van der Waals surface area contributed by atoms with Crippen LogP contribution in [0.15, 0.2) is 47.6 Å². The van der Waals surface area contributed by atoms with Gasteiger partial charge in [-0.05, 0) is 42.3 Å². The van der Waals surface area contributed by atoms with Crippen LogP contribution in [0.3, 0.4) is 0 Å². The third-order valence-corrected chi connectivity index (χ3v) is 4.36. The van der Waals surface area contributed by atoms with E-state index >= 15 is 0 Å². The van der Waals surface area contributed by atoms with Crippen molar-refractivity contribution in [2.45, 2.75) is 32.4 Å². The van der Waals surface area contributed by atoms with Gasteiger partial charge in [-0.3, -0.25) is 0 Å². The molecule has 0 aromatic heterocycles. The van der Waals surface area contributed by atoms with Crippen LogP contribution in [0.4, 0.5) is 23.7 Å². The predicted molar refractivity (Wildman–Crippen MR) is 103 cm³/mol. The van der Waals surface area contributed by atoms with Crippen molar-refractivity contribution in [2.24, 2.45) is 5.10 Å². The molecule has 1 atom stereocenters. The van der Waals surface area contributed by atoms with Gasteiger partial charge in [-0.15, -0.1) is 13.2 Å². The van der Waals surface area contributed by atoms with Crippen molar-refractivity contribution in [3.8, 4) is 11.5 Å². The summed E-state index contributed by atoms with van der Waals surface area (Å²) in [5.74, 6) is -0.599. The second kappa shape index (κ2) is 8.52. The number of methoxy groups -OCH3 is 1. The van der Waals surface area contributed by atoms with Crippen LogP contribution < -0.4 is 15.2 Å². The second-order valence-electron chi connectivity index (χ2n) is 6.48. The maximum Gasteiger partial charge on any atom is 0.573 e. The smallest absolute Gasteiger partial charge is 0.493 e. The number of amides is 1. The number of carbonyl (C=O) groups excluding carboxylic acids is 1. The van der Waals surface area contributed by atoms with Crippen LogP contribution in [0.5, 0.6) is 11.5 Å². The number of nitrogens with two attached hydrogens (primary N) is 1. The van der Waals surface area contributed by atoms with E-state index in [-0.39, 0.29) is 12.3 Å². The molecule has 0 saturated carbocycles. The van der Waals surface area contributed by atoms with Gasteiger partial charge in [-0.1, -0.05) is 19.1 Å². The minimum atomic E-state index is -4.89. The summed E-state index contributed by atoms with van der Waals surface area (Å²) in [4.78, 5) is 12.3. The van der Waals surface area contributed by atoms with Crippen molar-refractivity contribution in [2.75, 3.05) is 12.8 Å². The number of rotatable bonds is 6. The average molecular weight is 423 g/mol. The van der Waals surface area contributed by atoms with Crippen LogP contribution in [0.2, 0.25) is 0 Å². The zero-order valence-electron chi connectivity index (χ0n) is 16.3. The number of hydrazone groups is 1. The summed E-state index contributed by atoms with van der Waals surface area (Å²) in [7, 11) is 1.24. The normalized spacial score (nSPS) is 16.7. The first-order chi connectivity index (χ1) is 14.2. The molecule has 0 aliphatic carbocycles. The van der Waals surface area contributed by atoms with Gasteiger partial charge < -0.3 is 19.9 Å². The Balaban J connectivity index is 1.97. The van der Waals surface area contributed by atoms with E-state index in [1.807, 2.05) is 0 Å². The Hall–Kier alpha value is -3.43. The van der Waals surface area contributed by atoms with Gasteiger partial charge in [0.15, 0.2) is 11.5 Å². The Labute approximate surface area is 170 Å². The Morgan fingerprint density at radius 1 is 1.17 bits per heavy atom. The Morgan fingerprint density at radius 2 is 1.87 bits per heavy atom. The fourth-order valence-electron chi connectivity index (χ4n) is 2.93. The number of alkyl halides is 3. The molecule has 1 heterocycles. The van der Waals surface area contributed by atoms with Gasteiger partial charge in [0.25, 0.3) is 0 Å². The van der Waals surface area contributed by atoms with Crippen LogP contribution in [0, 0.1) is 0 Å². The first-order valence-corrected chi connectivity index (χ1v) is 9.05. The highest BCUT2D eigenvalue weighted by molar-refractivity contribution is 6.06. The van der Waals surface area contributed by atoms with Crippen molar-refractivity contribution in [3.05, 3.63) is 53.6 Å². The molecule has 7 nitrogen and oxygen atoms in total. The van der Waals surface area contributed by atoms with E-state index in [0.717, 1.165) is 16.6 Å². The van der Waals surface area contributed by atoms with Crippen LogP contribution in [0.25, 0.3) is 0 Å². The third-order valence-electron chi connectivity index (χ3n) is 4.36. The first-order valence-electron chi connectivity index (χ1n) is 9.05. The minimum absolute atomic E-state index is 0.0868. The second-order valence-corrected chi connectivity index (χ2v) is 6.48. The van der Waals surface area contributed by atoms with Crippen molar-refractivity contribution in [1.29, 1.82) is 0 Å². The van der Waals surface area contributed by atoms with Crippen molar-refractivity contribution >= 4 is 17.5 Å². The number of carbonyl (C=O) groups is 1. The number of nitrogen functional groups attached to an aromatic ring is 1. The lowest BCUT2D eigenvalue weighted by Gasteiger charge is -2.29. The lowest BCUT2D eigenvalue weighted by molar-refractivity contribution is -0.275. The molecular weight excluding hydrogens is 403 g/mol. The Morgan fingerprint density at radius 3 is 2.47 bits per heavy atom. The largest absolute Gasteiger partial charge is 0.573 e.